The fourth-order valence-electron chi connectivity index (χ4n) is 3.03. The highest BCUT2D eigenvalue weighted by Crippen LogP contribution is 2.22. The Labute approximate surface area is 151 Å². The van der Waals surface area contributed by atoms with Crippen molar-refractivity contribution < 1.29 is 4.79 Å². The van der Waals surface area contributed by atoms with Crippen LogP contribution in [0.1, 0.15) is 11.4 Å². The van der Waals surface area contributed by atoms with Crippen LogP contribution >= 0.6 is 0 Å². The highest BCUT2D eigenvalue weighted by atomic mass is 16.1. The van der Waals surface area contributed by atoms with E-state index in [1.165, 1.54) is 0 Å². The van der Waals surface area contributed by atoms with E-state index in [1.54, 1.807) is 6.20 Å². The van der Waals surface area contributed by atoms with Crippen LogP contribution in [0.3, 0.4) is 0 Å². The van der Waals surface area contributed by atoms with Gasteiger partial charge in [-0.15, -0.1) is 0 Å². The number of hydrogen-bond donors (Lipinski definition) is 2. The smallest absolute Gasteiger partial charge is 0.228 e. The normalized spacial score (nSPS) is 10.8. The van der Waals surface area contributed by atoms with Crippen molar-refractivity contribution in [2.24, 2.45) is 0 Å². The molecule has 4 rings (SSSR count). The first kappa shape index (κ1) is 16.0. The highest BCUT2D eigenvalue weighted by molar-refractivity contribution is 5.96. The molecule has 0 spiro atoms. The summed E-state index contributed by atoms with van der Waals surface area (Å²) in [7, 11) is 0. The Bertz CT molecular complexity index is 1080. The number of hydrogen-bond acceptors (Lipinski definition) is 3. The topological polar surface area (TPSA) is 70.7 Å². The number of para-hydroxylation sites is 1. The quantitative estimate of drug-likeness (QED) is 0.586. The van der Waals surface area contributed by atoms with E-state index in [9.17, 15) is 4.79 Å². The molecule has 0 saturated heterocycles. The molecule has 0 aliphatic heterocycles. The number of aromatic amines is 1. The molecule has 0 aliphatic rings. The number of fused-ring (bicyclic) bond motifs is 1. The number of aryl methyl sites for hydroxylation is 1. The fraction of sp³-hybridized carbons (Fsp3) is 0.0952. The Balaban J connectivity index is 1.52. The van der Waals surface area contributed by atoms with Gasteiger partial charge in [-0.2, -0.15) is 0 Å². The lowest BCUT2D eigenvalue weighted by molar-refractivity contribution is -0.115. The highest BCUT2D eigenvalue weighted by Gasteiger charge is 2.09. The SMILES string of the molecule is Cc1nccc(-c2cccc(NC(=O)Cc3c[nH]c4ccccc34)c2)n1. The third-order valence-electron chi connectivity index (χ3n) is 4.24. The number of amides is 1. The molecule has 128 valence electrons. The molecule has 26 heavy (non-hydrogen) atoms. The van der Waals surface area contributed by atoms with Gasteiger partial charge in [0.2, 0.25) is 5.91 Å². The first-order valence-electron chi connectivity index (χ1n) is 8.44. The molecule has 0 atom stereocenters. The first-order chi connectivity index (χ1) is 12.7. The Hall–Kier alpha value is -3.47. The maximum atomic E-state index is 12.5. The average Bonchev–Trinajstić information content (AvgIpc) is 3.05. The van der Waals surface area contributed by atoms with E-state index in [0.29, 0.717) is 6.42 Å². The van der Waals surface area contributed by atoms with Gasteiger partial charge in [0.25, 0.3) is 0 Å². The number of benzene rings is 2. The molecule has 5 nitrogen and oxygen atoms in total. The molecule has 0 radical (unpaired) electrons. The first-order valence-corrected chi connectivity index (χ1v) is 8.44. The summed E-state index contributed by atoms with van der Waals surface area (Å²) in [5, 5.41) is 4.05. The molecule has 1 amide bonds. The maximum absolute atomic E-state index is 12.5. The summed E-state index contributed by atoms with van der Waals surface area (Å²) in [6.45, 7) is 1.86. The minimum atomic E-state index is -0.0502. The number of H-pyrrole nitrogens is 1. The second kappa shape index (κ2) is 6.80. The summed E-state index contributed by atoms with van der Waals surface area (Å²) in [5.41, 5.74) is 4.56. The number of nitrogens with zero attached hydrogens (tertiary/aromatic N) is 2. The van der Waals surface area contributed by atoms with Crippen molar-refractivity contribution in [1.29, 1.82) is 0 Å². The third kappa shape index (κ3) is 3.32. The Morgan fingerprint density at radius 3 is 2.88 bits per heavy atom. The van der Waals surface area contributed by atoms with Crippen molar-refractivity contribution >= 4 is 22.5 Å². The zero-order valence-electron chi connectivity index (χ0n) is 14.4. The van der Waals surface area contributed by atoms with Crippen LogP contribution in [0.5, 0.6) is 0 Å². The van der Waals surface area contributed by atoms with Gasteiger partial charge in [-0.1, -0.05) is 30.3 Å². The van der Waals surface area contributed by atoms with Crippen molar-refractivity contribution in [2.45, 2.75) is 13.3 Å². The molecule has 5 heteroatoms. The molecule has 2 N–H and O–H groups in total. The van der Waals surface area contributed by atoms with E-state index < -0.39 is 0 Å². The summed E-state index contributed by atoms with van der Waals surface area (Å²) in [6, 6.07) is 17.5. The molecule has 2 heterocycles. The lowest BCUT2D eigenvalue weighted by Gasteiger charge is -2.07. The molecule has 2 aromatic carbocycles. The predicted molar refractivity (Wildman–Crippen MR) is 103 cm³/mol. The summed E-state index contributed by atoms with van der Waals surface area (Å²) in [4.78, 5) is 24.2. The minimum absolute atomic E-state index is 0.0502. The number of aromatic nitrogens is 3. The Kier molecular flexibility index (Phi) is 4.19. The Morgan fingerprint density at radius 1 is 1.12 bits per heavy atom. The van der Waals surface area contributed by atoms with E-state index in [4.69, 9.17) is 0 Å². The van der Waals surface area contributed by atoms with E-state index in [2.05, 4.69) is 20.3 Å². The van der Waals surface area contributed by atoms with Gasteiger partial charge in [0.15, 0.2) is 0 Å². The van der Waals surface area contributed by atoms with Crippen LogP contribution in [0.25, 0.3) is 22.2 Å². The summed E-state index contributed by atoms with van der Waals surface area (Å²) < 4.78 is 0. The van der Waals surface area contributed by atoms with Crippen molar-refractivity contribution in [1.82, 2.24) is 15.0 Å². The van der Waals surface area contributed by atoms with Crippen molar-refractivity contribution in [3.63, 3.8) is 0 Å². The zero-order valence-corrected chi connectivity index (χ0v) is 14.4. The van der Waals surface area contributed by atoms with Crippen LogP contribution in [0.2, 0.25) is 0 Å². The van der Waals surface area contributed by atoms with Gasteiger partial charge in [-0.05, 0) is 36.8 Å². The van der Waals surface area contributed by atoms with Gasteiger partial charge in [0.05, 0.1) is 12.1 Å². The Morgan fingerprint density at radius 2 is 2.00 bits per heavy atom. The summed E-state index contributed by atoms with van der Waals surface area (Å²) in [6.07, 6.45) is 3.95. The van der Waals surface area contributed by atoms with Gasteiger partial charge in [-0.3, -0.25) is 4.79 Å². The van der Waals surface area contributed by atoms with Gasteiger partial charge in [-0.25, -0.2) is 9.97 Å². The number of anilines is 1. The largest absolute Gasteiger partial charge is 0.361 e. The van der Waals surface area contributed by atoms with Crippen LogP contribution < -0.4 is 5.32 Å². The monoisotopic (exact) mass is 342 g/mol. The molecule has 0 aliphatic carbocycles. The second-order valence-corrected chi connectivity index (χ2v) is 6.15. The van der Waals surface area contributed by atoms with Crippen LogP contribution in [0, 0.1) is 6.92 Å². The molecule has 0 saturated carbocycles. The number of carbonyl (C=O) groups is 1. The van der Waals surface area contributed by atoms with Crippen LogP contribution in [-0.2, 0) is 11.2 Å². The van der Waals surface area contributed by atoms with Gasteiger partial charge in [0, 0.05) is 34.5 Å². The van der Waals surface area contributed by atoms with Crippen LogP contribution in [0.4, 0.5) is 5.69 Å². The van der Waals surface area contributed by atoms with E-state index >= 15 is 0 Å². The molecule has 4 aromatic rings. The van der Waals surface area contributed by atoms with Crippen LogP contribution in [0.15, 0.2) is 67.0 Å². The fourth-order valence-corrected chi connectivity index (χ4v) is 3.03. The lowest BCUT2D eigenvalue weighted by atomic mass is 10.1. The standard InChI is InChI=1S/C21H18N4O/c1-14-22-10-9-19(24-14)15-5-4-6-17(11-15)25-21(26)12-16-13-23-20-8-3-2-7-18(16)20/h2-11,13,23H,12H2,1H3,(H,25,26). The van der Waals surface area contributed by atoms with Gasteiger partial charge in [0.1, 0.15) is 5.82 Å². The van der Waals surface area contributed by atoms with Crippen molar-refractivity contribution in [2.75, 3.05) is 5.32 Å². The second-order valence-electron chi connectivity index (χ2n) is 6.15. The summed E-state index contributed by atoms with van der Waals surface area (Å²) >= 11 is 0. The molecule has 2 aromatic heterocycles. The number of nitrogens with one attached hydrogen (secondary N) is 2. The molecular formula is C21H18N4O. The van der Waals surface area contributed by atoms with Gasteiger partial charge < -0.3 is 10.3 Å². The van der Waals surface area contributed by atoms with E-state index in [-0.39, 0.29) is 5.91 Å². The average molecular weight is 342 g/mol. The maximum Gasteiger partial charge on any atom is 0.228 e. The lowest BCUT2D eigenvalue weighted by Crippen LogP contribution is -2.14. The molecule has 0 unspecified atom stereocenters. The van der Waals surface area contributed by atoms with Gasteiger partial charge >= 0.3 is 0 Å². The summed E-state index contributed by atoms with van der Waals surface area (Å²) in [5.74, 6) is 0.669. The van der Waals surface area contributed by atoms with E-state index in [0.717, 1.165) is 39.2 Å². The number of carbonyl (C=O) groups excluding carboxylic acids is 1. The number of rotatable bonds is 4. The van der Waals surface area contributed by atoms with Crippen molar-refractivity contribution in [3.8, 4) is 11.3 Å². The van der Waals surface area contributed by atoms with Crippen LogP contribution in [-0.4, -0.2) is 20.9 Å². The van der Waals surface area contributed by atoms with E-state index in [1.807, 2.05) is 67.7 Å². The minimum Gasteiger partial charge on any atom is -0.361 e. The predicted octanol–water partition coefficient (Wildman–Crippen LogP) is 4.11. The molecule has 0 fully saturated rings. The third-order valence-corrected chi connectivity index (χ3v) is 4.24. The zero-order chi connectivity index (χ0) is 17.9. The van der Waals surface area contributed by atoms with Crippen molar-refractivity contribution in [3.05, 3.63) is 78.4 Å². The molecular weight excluding hydrogens is 324 g/mol. The molecule has 0 bridgehead atoms.